The van der Waals surface area contributed by atoms with Crippen molar-refractivity contribution in [1.82, 2.24) is 19.9 Å². The van der Waals surface area contributed by atoms with Gasteiger partial charge in [-0.05, 0) is 49.8 Å². The predicted octanol–water partition coefficient (Wildman–Crippen LogP) is 4.70. The number of nitrogens with zero attached hydrogens (tertiary/aromatic N) is 4. The maximum Gasteiger partial charge on any atom is 0.223 e. The highest BCUT2D eigenvalue weighted by molar-refractivity contribution is 6.30. The van der Waals surface area contributed by atoms with E-state index >= 15 is 0 Å². The molecule has 0 radical (unpaired) electrons. The molecule has 0 saturated carbocycles. The fourth-order valence-corrected chi connectivity index (χ4v) is 4.85. The number of piperidine rings is 1. The van der Waals surface area contributed by atoms with Crippen LogP contribution in [0, 0.1) is 5.82 Å². The summed E-state index contributed by atoms with van der Waals surface area (Å²) >= 11 is 5.85. The van der Waals surface area contributed by atoms with Gasteiger partial charge in [0.1, 0.15) is 5.82 Å². The molecular formula is C22H28ClFN4O. The fourth-order valence-electron chi connectivity index (χ4n) is 4.65. The molecule has 1 aromatic carbocycles. The molecule has 2 aromatic rings. The zero-order valence-corrected chi connectivity index (χ0v) is 18.0. The molecule has 2 aliphatic heterocycles. The van der Waals surface area contributed by atoms with Crippen LogP contribution in [0.25, 0.3) is 0 Å². The van der Waals surface area contributed by atoms with Crippen LogP contribution in [-0.2, 0) is 16.6 Å². The highest BCUT2D eigenvalue weighted by Crippen LogP contribution is 2.41. The van der Waals surface area contributed by atoms with Gasteiger partial charge in [-0.25, -0.2) is 9.07 Å². The highest BCUT2D eigenvalue weighted by atomic mass is 35.5. The summed E-state index contributed by atoms with van der Waals surface area (Å²) in [6, 6.07) is 5.52. The molecule has 2 unspecified atom stereocenters. The van der Waals surface area contributed by atoms with Crippen LogP contribution in [0.15, 0.2) is 24.4 Å². The van der Waals surface area contributed by atoms with Crippen LogP contribution >= 0.6 is 11.6 Å². The minimum atomic E-state index is -0.426. The molecule has 0 N–H and O–H groups in total. The largest absolute Gasteiger partial charge is 0.337 e. The average molecular weight is 419 g/mol. The first-order chi connectivity index (χ1) is 13.7. The van der Waals surface area contributed by atoms with E-state index in [0.29, 0.717) is 18.9 Å². The van der Waals surface area contributed by atoms with Gasteiger partial charge < -0.3 is 4.90 Å². The van der Waals surface area contributed by atoms with Gasteiger partial charge >= 0.3 is 0 Å². The van der Waals surface area contributed by atoms with Crippen LogP contribution in [0.4, 0.5) is 4.39 Å². The number of carbonyl (C=O) groups is 1. The lowest BCUT2D eigenvalue weighted by molar-refractivity contribution is -0.136. The highest BCUT2D eigenvalue weighted by Gasteiger charge is 2.43. The number of rotatable bonds is 4. The minimum Gasteiger partial charge on any atom is -0.337 e. The molecule has 2 fully saturated rings. The monoisotopic (exact) mass is 418 g/mol. The number of aryl methyl sites for hydroxylation is 1. The molecule has 4 rings (SSSR count). The Labute approximate surface area is 176 Å². The van der Waals surface area contributed by atoms with Gasteiger partial charge in [-0.3, -0.25) is 4.79 Å². The van der Waals surface area contributed by atoms with Gasteiger partial charge in [0, 0.05) is 30.1 Å². The second-order valence-electron chi connectivity index (χ2n) is 9.39. The normalized spacial score (nSPS) is 24.2. The van der Waals surface area contributed by atoms with Crippen LogP contribution in [0.1, 0.15) is 70.2 Å². The first-order valence-corrected chi connectivity index (χ1v) is 10.8. The van der Waals surface area contributed by atoms with Gasteiger partial charge in [0.25, 0.3) is 0 Å². The third kappa shape index (κ3) is 4.18. The lowest BCUT2D eigenvalue weighted by Crippen LogP contribution is -2.47. The zero-order valence-electron chi connectivity index (χ0n) is 17.2. The maximum atomic E-state index is 13.3. The maximum absolute atomic E-state index is 13.3. The molecule has 29 heavy (non-hydrogen) atoms. The molecule has 0 aliphatic carbocycles. The number of amides is 1. The van der Waals surface area contributed by atoms with E-state index in [1.54, 1.807) is 12.1 Å². The predicted molar refractivity (Wildman–Crippen MR) is 110 cm³/mol. The van der Waals surface area contributed by atoms with Crippen molar-refractivity contribution in [2.24, 2.45) is 0 Å². The number of carbonyl (C=O) groups excluding carboxylic acids is 1. The van der Waals surface area contributed by atoms with E-state index in [1.165, 1.54) is 6.07 Å². The van der Waals surface area contributed by atoms with Crippen molar-refractivity contribution in [3.8, 4) is 0 Å². The number of hydrogen-bond acceptors (Lipinski definition) is 3. The van der Waals surface area contributed by atoms with Crippen LogP contribution in [-0.4, -0.2) is 37.9 Å². The van der Waals surface area contributed by atoms with Crippen LogP contribution in [0.3, 0.4) is 0 Å². The zero-order chi connectivity index (χ0) is 20.8. The number of halogens is 2. The molecule has 2 atom stereocenters. The third-order valence-corrected chi connectivity index (χ3v) is 6.55. The Morgan fingerprint density at radius 3 is 2.48 bits per heavy atom. The van der Waals surface area contributed by atoms with E-state index in [9.17, 15) is 9.18 Å². The molecular weight excluding hydrogens is 391 g/mol. The SMILES string of the molecule is CC(C)(C)c1cn(C2CC3CCC(C2)N3C(=O)CCc2ccc(F)c(Cl)c2)nn1. The van der Waals surface area contributed by atoms with Gasteiger partial charge in [-0.1, -0.05) is 43.7 Å². The molecule has 2 saturated heterocycles. The van der Waals surface area contributed by atoms with E-state index < -0.39 is 5.82 Å². The molecule has 7 heteroatoms. The fraction of sp³-hybridized carbons (Fsp3) is 0.591. The summed E-state index contributed by atoms with van der Waals surface area (Å²) in [5.74, 6) is -0.241. The second-order valence-corrected chi connectivity index (χ2v) is 9.80. The molecule has 1 amide bonds. The Bertz CT molecular complexity index is 892. The van der Waals surface area contributed by atoms with Gasteiger partial charge in [0.05, 0.1) is 16.8 Å². The summed E-state index contributed by atoms with van der Waals surface area (Å²) in [5.41, 5.74) is 1.88. The van der Waals surface area contributed by atoms with Crippen molar-refractivity contribution in [2.45, 2.75) is 82.8 Å². The molecule has 3 heterocycles. The molecule has 0 spiro atoms. The number of benzene rings is 1. The number of aromatic nitrogens is 3. The van der Waals surface area contributed by atoms with Crippen molar-refractivity contribution in [1.29, 1.82) is 0 Å². The van der Waals surface area contributed by atoms with Crippen molar-refractivity contribution in [3.63, 3.8) is 0 Å². The summed E-state index contributed by atoms with van der Waals surface area (Å²) in [4.78, 5) is 15.0. The van der Waals surface area contributed by atoms with Crippen molar-refractivity contribution in [2.75, 3.05) is 0 Å². The van der Waals surface area contributed by atoms with Crippen molar-refractivity contribution in [3.05, 3.63) is 46.5 Å². The van der Waals surface area contributed by atoms with Gasteiger partial charge in [-0.15, -0.1) is 5.10 Å². The Hall–Kier alpha value is -1.95. The summed E-state index contributed by atoms with van der Waals surface area (Å²) in [5, 5.41) is 8.85. The molecule has 2 bridgehead atoms. The number of fused-ring (bicyclic) bond motifs is 2. The Balaban J connectivity index is 1.39. The van der Waals surface area contributed by atoms with E-state index in [-0.39, 0.29) is 28.4 Å². The summed E-state index contributed by atoms with van der Waals surface area (Å²) in [7, 11) is 0. The lowest BCUT2D eigenvalue weighted by atomic mass is 9.93. The Morgan fingerprint density at radius 2 is 1.90 bits per heavy atom. The topological polar surface area (TPSA) is 51.0 Å². The quantitative estimate of drug-likeness (QED) is 0.723. The number of hydrogen-bond donors (Lipinski definition) is 0. The smallest absolute Gasteiger partial charge is 0.223 e. The van der Waals surface area contributed by atoms with Crippen LogP contribution < -0.4 is 0 Å². The Kier molecular flexibility index (Phi) is 5.40. The third-order valence-electron chi connectivity index (χ3n) is 6.26. The van der Waals surface area contributed by atoms with Crippen molar-refractivity contribution >= 4 is 17.5 Å². The second kappa shape index (κ2) is 7.71. The van der Waals surface area contributed by atoms with E-state index in [4.69, 9.17) is 11.6 Å². The molecule has 1 aromatic heterocycles. The van der Waals surface area contributed by atoms with E-state index in [2.05, 4.69) is 42.2 Å². The standard InChI is InChI=1S/C22H28ClFN4O/c1-22(2,3)20-13-27(26-25-20)17-11-15-6-7-16(12-17)28(15)21(29)9-5-14-4-8-19(24)18(23)10-14/h4,8,10,13,15-17H,5-7,9,11-12H2,1-3H3. The van der Waals surface area contributed by atoms with E-state index in [1.807, 2.05) is 4.68 Å². The van der Waals surface area contributed by atoms with Crippen LogP contribution in [0.5, 0.6) is 0 Å². The van der Waals surface area contributed by atoms with Crippen molar-refractivity contribution < 1.29 is 9.18 Å². The molecule has 156 valence electrons. The van der Waals surface area contributed by atoms with Gasteiger partial charge in [-0.2, -0.15) is 0 Å². The summed E-state index contributed by atoms with van der Waals surface area (Å²) < 4.78 is 15.3. The summed E-state index contributed by atoms with van der Waals surface area (Å²) in [6.45, 7) is 6.42. The Morgan fingerprint density at radius 1 is 1.21 bits per heavy atom. The first kappa shape index (κ1) is 20.3. The van der Waals surface area contributed by atoms with Crippen LogP contribution in [0.2, 0.25) is 5.02 Å². The molecule has 2 aliphatic rings. The lowest BCUT2D eigenvalue weighted by Gasteiger charge is -2.39. The average Bonchev–Trinajstić information content (AvgIpc) is 3.26. The van der Waals surface area contributed by atoms with Gasteiger partial charge in [0.15, 0.2) is 0 Å². The van der Waals surface area contributed by atoms with E-state index in [0.717, 1.165) is 36.9 Å². The van der Waals surface area contributed by atoms with Gasteiger partial charge in [0.2, 0.25) is 5.91 Å². The molecule has 5 nitrogen and oxygen atoms in total. The summed E-state index contributed by atoms with van der Waals surface area (Å²) in [6.07, 6.45) is 7.04. The minimum absolute atomic E-state index is 0.0167. The first-order valence-electron chi connectivity index (χ1n) is 10.4.